The number of allylic oxidation sites excluding steroid dienone is 2. The second kappa shape index (κ2) is 10.6. The van der Waals surface area contributed by atoms with Crippen LogP contribution >= 0.6 is 0 Å². The molecule has 0 aliphatic carbocycles. The van der Waals surface area contributed by atoms with Gasteiger partial charge in [0.25, 0.3) is 5.91 Å². The molecule has 2 fully saturated rings. The number of hydrogen-bond acceptors (Lipinski definition) is 5. The maximum absolute atomic E-state index is 15.6. The van der Waals surface area contributed by atoms with E-state index >= 15 is 4.39 Å². The molecular formula is C25H34FN5O. The molecule has 2 aliphatic rings. The minimum atomic E-state index is -1.80. The van der Waals surface area contributed by atoms with Crippen LogP contribution in [-0.2, 0) is 4.79 Å². The fourth-order valence-corrected chi connectivity index (χ4v) is 4.52. The van der Waals surface area contributed by atoms with Gasteiger partial charge in [0.15, 0.2) is 5.67 Å². The van der Waals surface area contributed by atoms with Crippen molar-refractivity contribution in [2.75, 3.05) is 32.7 Å². The molecule has 7 heteroatoms. The molecule has 0 bridgehead atoms. The lowest BCUT2D eigenvalue weighted by molar-refractivity contribution is -0.148. The first-order chi connectivity index (χ1) is 15.3. The molecule has 0 unspecified atom stereocenters. The smallest absolute Gasteiger partial charge is 0.260 e. The lowest BCUT2D eigenvalue weighted by Gasteiger charge is -2.40. The average molecular weight is 440 g/mol. The Morgan fingerprint density at radius 2 is 1.91 bits per heavy atom. The van der Waals surface area contributed by atoms with Gasteiger partial charge in [0.1, 0.15) is 0 Å². The molecule has 0 atom stereocenters. The third-order valence-electron chi connectivity index (χ3n) is 6.39. The summed E-state index contributed by atoms with van der Waals surface area (Å²) in [6.45, 7) is 10.6. The van der Waals surface area contributed by atoms with Gasteiger partial charge in [-0.1, -0.05) is 19.2 Å². The molecule has 32 heavy (non-hydrogen) atoms. The Balaban J connectivity index is 1.52. The van der Waals surface area contributed by atoms with Gasteiger partial charge in [0.2, 0.25) is 0 Å². The van der Waals surface area contributed by atoms with E-state index in [2.05, 4.69) is 23.0 Å². The predicted molar refractivity (Wildman–Crippen MR) is 127 cm³/mol. The minimum Gasteiger partial charge on any atom is -0.405 e. The second-order valence-electron chi connectivity index (χ2n) is 8.70. The van der Waals surface area contributed by atoms with Crippen molar-refractivity contribution in [2.45, 2.75) is 31.4 Å². The summed E-state index contributed by atoms with van der Waals surface area (Å²) in [5.74, 6) is -0.100. The molecule has 1 aromatic heterocycles. The summed E-state index contributed by atoms with van der Waals surface area (Å²) in [6, 6.07) is 5.78. The number of piperidine rings is 2. The summed E-state index contributed by atoms with van der Waals surface area (Å²) in [5, 5.41) is 0. The number of nitrogens with two attached hydrogens (primary N) is 2. The van der Waals surface area contributed by atoms with Crippen molar-refractivity contribution in [3.05, 3.63) is 72.9 Å². The fourth-order valence-electron chi connectivity index (χ4n) is 4.52. The summed E-state index contributed by atoms with van der Waals surface area (Å²) in [5.41, 5.74) is 12.6. The van der Waals surface area contributed by atoms with Crippen LogP contribution in [0.1, 0.15) is 31.4 Å². The lowest BCUT2D eigenvalue weighted by Crippen LogP contribution is -2.54. The molecule has 3 rings (SSSR count). The molecule has 6 nitrogen and oxygen atoms in total. The average Bonchev–Trinajstić information content (AvgIpc) is 2.80. The Labute approximate surface area is 190 Å². The maximum atomic E-state index is 15.6. The zero-order valence-electron chi connectivity index (χ0n) is 18.7. The van der Waals surface area contributed by atoms with Gasteiger partial charge < -0.3 is 16.4 Å². The fraction of sp³-hybridized carbons (Fsp3) is 0.440. The van der Waals surface area contributed by atoms with Crippen LogP contribution in [0.15, 0.2) is 67.2 Å². The van der Waals surface area contributed by atoms with Crippen LogP contribution in [0, 0.1) is 5.92 Å². The van der Waals surface area contributed by atoms with Gasteiger partial charge in [-0.05, 0) is 60.4 Å². The van der Waals surface area contributed by atoms with Crippen LogP contribution < -0.4 is 11.5 Å². The van der Waals surface area contributed by atoms with Crippen molar-refractivity contribution in [1.29, 1.82) is 0 Å². The highest BCUT2D eigenvalue weighted by molar-refractivity contribution is 5.85. The monoisotopic (exact) mass is 439 g/mol. The van der Waals surface area contributed by atoms with Gasteiger partial charge in [-0.2, -0.15) is 0 Å². The van der Waals surface area contributed by atoms with E-state index in [9.17, 15) is 4.79 Å². The number of alkyl halides is 1. The summed E-state index contributed by atoms with van der Waals surface area (Å²) in [4.78, 5) is 21.2. The van der Waals surface area contributed by atoms with Crippen molar-refractivity contribution >= 4 is 11.5 Å². The van der Waals surface area contributed by atoms with E-state index < -0.39 is 5.67 Å². The van der Waals surface area contributed by atoms with Crippen molar-refractivity contribution in [1.82, 2.24) is 14.8 Å². The predicted octanol–water partition coefficient (Wildman–Crippen LogP) is 3.01. The second-order valence-corrected chi connectivity index (χ2v) is 8.70. The minimum absolute atomic E-state index is 0.190. The Bertz CT molecular complexity index is 879. The van der Waals surface area contributed by atoms with E-state index in [1.165, 1.54) is 6.20 Å². The topological polar surface area (TPSA) is 88.5 Å². The van der Waals surface area contributed by atoms with E-state index in [4.69, 9.17) is 11.5 Å². The van der Waals surface area contributed by atoms with E-state index in [1.807, 2.05) is 18.2 Å². The van der Waals surface area contributed by atoms with Crippen molar-refractivity contribution in [2.24, 2.45) is 17.4 Å². The van der Waals surface area contributed by atoms with Gasteiger partial charge in [-0.25, -0.2) is 4.39 Å². The van der Waals surface area contributed by atoms with Crippen LogP contribution in [0.2, 0.25) is 0 Å². The highest BCUT2D eigenvalue weighted by atomic mass is 19.1. The molecule has 1 aromatic rings. The van der Waals surface area contributed by atoms with Crippen LogP contribution in [0.25, 0.3) is 5.57 Å². The number of halogens is 1. The molecule has 2 saturated heterocycles. The quantitative estimate of drug-likeness (QED) is 0.638. The number of nitrogens with zero attached hydrogens (tertiary/aromatic N) is 3. The molecule has 3 heterocycles. The largest absolute Gasteiger partial charge is 0.405 e. The van der Waals surface area contributed by atoms with Crippen LogP contribution in [-0.4, -0.2) is 59.1 Å². The summed E-state index contributed by atoms with van der Waals surface area (Å²) in [6.07, 6.45) is 8.69. The number of carbonyl (C=O) groups excluding carboxylic acids is 1. The Hall–Kier alpha value is -2.93. The number of rotatable bonds is 7. The van der Waals surface area contributed by atoms with E-state index in [-0.39, 0.29) is 24.7 Å². The van der Waals surface area contributed by atoms with Gasteiger partial charge in [0.05, 0.1) is 5.69 Å². The maximum Gasteiger partial charge on any atom is 0.260 e. The first kappa shape index (κ1) is 23.7. The molecule has 0 saturated carbocycles. The molecule has 4 N–H and O–H groups in total. The van der Waals surface area contributed by atoms with Crippen molar-refractivity contribution in [3.8, 4) is 0 Å². The van der Waals surface area contributed by atoms with Crippen molar-refractivity contribution < 1.29 is 9.18 Å². The summed E-state index contributed by atoms with van der Waals surface area (Å²) >= 11 is 0. The van der Waals surface area contributed by atoms with E-state index in [0.29, 0.717) is 38.4 Å². The number of amides is 1. The Kier molecular flexibility index (Phi) is 7.85. The number of pyridine rings is 1. The van der Waals surface area contributed by atoms with Crippen LogP contribution in [0.4, 0.5) is 4.39 Å². The van der Waals surface area contributed by atoms with Gasteiger partial charge in [-0.15, -0.1) is 0 Å². The van der Waals surface area contributed by atoms with Gasteiger partial charge in [0, 0.05) is 57.5 Å². The van der Waals surface area contributed by atoms with Gasteiger partial charge in [-0.3, -0.25) is 14.7 Å². The SMILES string of the molecule is C=C(N)/C=C(\C=C/N)CN1CCC(F)(C(=O)N2CCC(C(=C)c3ccccn3)CC2)CC1. The first-order valence-corrected chi connectivity index (χ1v) is 11.2. The molecular weight excluding hydrogens is 405 g/mol. The number of likely N-dealkylation sites (tertiary alicyclic amines) is 2. The molecule has 1 amide bonds. The molecule has 0 spiro atoms. The molecule has 0 aromatic carbocycles. The number of aromatic nitrogens is 1. The molecule has 172 valence electrons. The summed E-state index contributed by atoms with van der Waals surface area (Å²) in [7, 11) is 0. The lowest BCUT2D eigenvalue weighted by atomic mass is 9.86. The number of carbonyl (C=O) groups is 1. The normalized spacial score (nSPS) is 20.4. The van der Waals surface area contributed by atoms with E-state index in [1.54, 1.807) is 23.2 Å². The zero-order valence-corrected chi connectivity index (χ0v) is 18.7. The van der Waals surface area contributed by atoms with E-state index in [0.717, 1.165) is 29.7 Å². The third kappa shape index (κ3) is 5.85. The van der Waals surface area contributed by atoms with Crippen LogP contribution in [0.5, 0.6) is 0 Å². The highest BCUT2D eigenvalue weighted by Crippen LogP contribution is 2.34. The van der Waals surface area contributed by atoms with Gasteiger partial charge >= 0.3 is 0 Å². The Morgan fingerprint density at radius 1 is 1.22 bits per heavy atom. The highest BCUT2D eigenvalue weighted by Gasteiger charge is 2.44. The molecule has 0 radical (unpaired) electrons. The Morgan fingerprint density at radius 3 is 2.47 bits per heavy atom. The van der Waals surface area contributed by atoms with Crippen LogP contribution in [0.3, 0.4) is 0 Å². The molecule has 2 aliphatic heterocycles. The first-order valence-electron chi connectivity index (χ1n) is 11.2. The summed E-state index contributed by atoms with van der Waals surface area (Å²) < 4.78 is 15.6. The zero-order chi connectivity index (χ0) is 23.1. The third-order valence-corrected chi connectivity index (χ3v) is 6.39. The van der Waals surface area contributed by atoms with Crippen molar-refractivity contribution in [3.63, 3.8) is 0 Å². The standard InChI is InChI=1S/C25H34FN5O/c1-19(28)17-21(6-11-27)18-30-15-9-25(26,10-16-30)24(32)31-13-7-22(8-14-31)20(2)23-5-3-4-12-29-23/h3-6,11-12,17,22H,1-2,7-10,13-16,18,27-28H2/b11-6-,21-17+. The number of hydrogen-bond donors (Lipinski definition) is 2.